The normalized spacial score (nSPS) is 29.1. The molecule has 5 nitrogen and oxygen atoms in total. The number of nitrogens with one attached hydrogen (secondary N) is 2. The molecule has 0 saturated carbocycles. The molecule has 2 saturated heterocycles. The number of rotatable bonds is 5. The van der Waals surface area contributed by atoms with E-state index in [1.165, 1.54) is 12.8 Å². The molecule has 5 heteroatoms. The van der Waals surface area contributed by atoms with Crippen molar-refractivity contribution < 1.29 is 9.53 Å². The summed E-state index contributed by atoms with van der Waals surface area (Å²) in [5.74, 6) is 0.804. The highest BCUT2D eigenvalue weighted by Crippen LogP contribution is 2.15. The lowest BCUT2D eigenvalue weighted by Gasteiger charge is -2.37. The van der Waals surface area contributed by atoms with E-state index in [1.54, 1.807) is 0 Å². The highest BCUT2D eigenvalue weighted by Gasteiger charge is 2.30. The predicted octanol–water partition coefficient (Wildman–Crippen LogP) is 0.213. The molecule has 2 rings (SSSR count). The van der Waals surface area contributed by atoms with Gasteiger partial charge < -0.3 is 15.4 Å². The summed E-state index contributed by atoms with van der Waals surface area (Å²) < 4.78 is 5.48. The zero-order valence-corrected chi connectivity index (χ0v) is 12.0. The van der Waals surface area contributed by atoms with E-state index in [1.807, 2.05) is 0 Å². The van der Waals surface area contributed by atoms with Crippen LogP contribution in [0.4, 0.5) is 0 Å². The van der Waals surface area contributed by atoms with Crippen molar-refractivity contribution in [3.63, 3.8) is 0 Å². The van der Waals surface area contributed by atoms with Crippen LogP contribution in [0.2, 0.25) is 0 Å². The molecule has 0 aromatic heterocycles. The Morgan fingerprint density at radius 3 is 3.16 bits per heavy atom. The number of carbonyl (C=O) groups excluding carboxylic acids is 1. The van der Waals surface area contributed by atoms with E-state index in [0.29, 0.717) is 12.5 Å². The molecule has 0 bridgehead atoms. The molecule has 2 aliphatic rings. The Balaban J connectivity index is 1.85. The molecule has 2 aliphatic heterocycles. The van der Waals surface area contributed by atoms with Gasteiger partial charge in [0.25, 0.3) is 0 Å². The monoisotopic (exact) mass is 269 g/mol. The molecule has 1 amide bonds. The fraction of sp³-hybridized carbons (Fsp3) is 0.929. The van der Waals surface area contributed by atoms with Crippen LogP contribution in [0.15, 0.2) is 0 Å². The van der Waals surface area contributed by atoms with Crippen LogP contribution >= 0.6 is 0 Å². The zero-order valence-electron chi connectivity index (χ0n) is 12.0. The van der Waals surface area contributed by atoms with Crippen molar-refractivity contribution >= 4 is 5.91 Å². The van der Waals surface area contributed by atoms with Gasteiger partial charge in [0.15, 0.2) is 0 Å². The molecule has 110 valence electrons. The van der Waals surface area contributed by atoms with Gasteiger partial charge >= 0.3 is 0 Å². The minimum Gasteiger partial charge on any atom is -0.378 e. The molecule has 19 heavy (non-hydrogen) atoms. The topological polar surface area (TPSA) is 53.6 Å². The molecular formula is C14H27N3O2. The van der Waals surface area contributed by atoms with Gasteiger partial charge in [0.05, 0.1) is 13.2 Å². The summed E-state index contributed by atoms with van der Waals surface area (Å²) in [6, 6.07) is -0.0952. The first-order valence-corrected chi connectivity index (χ1v) is 7.61. The molecule has 0 aromatic rings. The molecule has 2 N–H and O–H groups in total. The molecule has 0 spiro atoms. The second kappa shape index (κ2) is 7.82. The average molecular weight is 269 g/mol. The number of nitrogens with zero attached hydrogens (tertiary/aromatic N) is 1. The van der Waals surface area contributed by atoms with E-state index >= 15 is 0 Å². The lowest BCUT2D eigenvalue weighted by molar-refractivity contribution is -0.133. The number of carbonyl (C=O) groups is 1. The maximum absolute atomic E-state index is 12.2. The van der Waals surface area contributed by atoms with E-state index < -0.39 is 0 Å². The van der Waals surface area contributed by atoms with Crippen LogP contribution in [0.3, 0.4) is 0 Å². The third kappa shape index (κ3) is 4.44. The van der Waals surface area contributed by atoms with Crippen molar-refractivity contribution in [2.24, 2.45) is 5.92 Å². The molecule has 2 unspecified atom stereocenters. The summed E-state index contributed by atoms with van der Waals surface area (Å²) in [6.45, 7) is 8.23. The predicted molar refractivity (Wildman–Crippen MR) is 75.1 cm³/mol. The first kappa shape index (κ1) is 14.8. The largest absolute Gasteiger partial charge is 0.378 e. The van der Waals surface area contributed by atoms with E-state index in [4.69, 9.17) is 4.74 Å². The summed E-state index contributed by atoms with van der Waals surface area (Å²) in [5, 5.41) is 6.44. The first-order valence-electron chi connectivity index (χ1n) is 7.61. The highest BCUT2D eigenvalue weighted by atomic mass is 16.5. The van der Waals surface area contributed by atoms with Crippen molar-refractivity contribution in [3.8, 4) is 0 Å². The van der Waals surface area contributed by atoms with Crippen LogP contribution in [-0.4, -0.2) is 62.8 Å². The van der Waals surface area contributed by atoms with Gasteiger partial charge in [0.1, 0.15) is 6.04 Å². The lowest BCUT2D eigenvalue weighted by atomic mass is 9.98. The molecule has 0 radical (unpaired) electrons. The SMILES string of the molecule is CCCNC(=O)C1COCCN1CC1CCCNC1. The summed E-state index contributed by atoms with van der Waals surface area (Å²) in [6.07, 6.45) is 3.50. The van der Waals surface area contributed by atoms with Crippen molar-refractivity contribution in [2.45, 2.75) is 32.2 Å². The van der Waals surface area contributed by atoms with Gasteiger partial charge in [-0.1, -0.05) is 6.92 Å². The minimum atomic E-state index is -0.0952. The Kier molecular flexibility index (Phi) is 6.07. The van der Waals surface area contributed by atoms with Gasteiger partial charge in [0, 0.05) is 19.6 Å². The third-order valence-corrected chi connectivity index (χ3v) is 3.98. The van der Waals surface area contributed by atoms with Crippen molar-refractivity contribution in [3.05, 3.63) is 0 Å². The van der Waals surface area contributed by atoms with Crippen molar-refractivity contribution in [1.29, 1.82) is 0 Å². The van der Waals surface area contributed by atoms with Crippen LogP contribution in [0.25, 0.3) is 0 Å². The second-order valence-corrected chi connectivity index (χ2v) is 5.59. The van der Waals surface area contributed by atoms with E-state index in [2.05, 4.69) is 22.5 Å². The molecular weight excluding hydrogens is 242 g/mol. The number of piperidine rings is 1. The quantitative estimate of drug-likeness (QED) is 0.749. The molecule has 0 aromatic carbocycles. The highest BCUT2D eigenvalue weighted by molar-refractivity contribution is 5.82. The number of hydrogen-bond donors (Lipinski definition) is 2. The van der Waals surface area contributed by atoms with Crippen molar-refractivity contribution in [1.82, 2.24) is 15.5 Å². The number of ether oxygens (including phenoxy) is 1. The number of morpholine rings is 1. The van der Waals surface area contributed by atoms with Crippen molar-refractivity contribution in [2.75, 3.05) is 45.9 Å². The van der Waals surface area contributed by atoms with E-state index in [9.17, 15) is 4.79 Å². The summed E-state index contributed by atoms with van der Waals surface area (Å²) in [4.78, 5) is 14.5. The standard InChI is InChI=1S/C14H27N3O2/c1-2-5-16-14(18)13-11-19-8-7-17(13)10-12-4-3-6-15-9-12/h12-13,15H,2-11H2,1H3,(H,16,18). The first-order chi connectivity index (χ1) is 9.31. The van der Waals surface area contributed by atoms with Crippen LogP contribution in [0.1, 0.15) is 26.2 Å². The van der Waals surface area contributed by atoms with Crippen LogP contribution in [0.5, 0.6) is 0 Å². The smallest absolute Gasteiger partial charge is 0.239 e. The van der Waals surface area contributed by atoms with Gasteiger partial charge in [-0.15, -0.1) is 0 Å². The second-order valence-electron chi connectivity index (χ2n) is 5.59. The van der Waals surface area contributed by atoms with E-state index in [-0.39, 0.29) is 11.9 Å². The van der Waals surface area contributed by atoms with Gasteiger partial charge in [-0.3, -0.25) is 9.69 Å². The molecule has 2 fully saturated rings. The Hall–Kier alpha value is -0.650. The Morgan fingerprint density at radius 2 is 2.42 bits per heavy atom. The number of amides is 1. The molecule has 0 aliphatic carbocycles. The Labute approximate surface area is 116 Å². The van der Waals surface area contributed by atoms with Crippen LogP contribution < -0.4 is 10.6 Å². The van der Waals surface area contributed by atoms with Crippen LogP contribution in [-0.2, 0) is 9.53 Å². The lowest BCUT2D eigenvalue weighted by Crippen LogP contribution is -2.55. The Bertz CT molecular complexity index is 280. The zero-order chi connectivity index (χ0) is 13.5. The van der Waals surface area contributed by atoms with Gasteiger partial charge in [0.2, 0.25) is 5.91 Å². The van der Waals surface area contributed by atoms with Gasteiger partial charge in [-0.05, 0) is 38.3 Å². The number of hydrogen-bond acceptors (Lipinski definition) is 4. The van der Waals surface area contributed by atoms with Gasteiger partial charge in [-0.25, -0.2) is 0 Å². The maximum atomic E-state index is 12.2. The summed E-state index contributed by atoms with van der Waals surface area (Å²) in [7, 11) is 0. The van der Waals surface area contributed by atoms with Gasteiger partial charge in [-0.2, -0.15) is 0 Å². The Morgan fingerprint density at radius 1 is 1.53 bits per heavy atom. The molecule has 2 atom stereocenters. The molecule has 2 heterocycles. The minimum absolute atomic E-state index is 0.0952. The van der Waals surface area contributed by atoms with Crippen LogP contribution in [0, 0.1) is 5.92 Å². The maximum Gasteiger partial charge on any atom is 0.239 e. The average Bonchev–Trinajstić information content (AvgIpc) is 2.46. The fourth-order valence-electron chi connectivity index (χ4n) is 2.88. The van der Waals surface area contributed by atoms with E-state index in [0.717, 1.165) is 45.8 Å². The third-order valence-electron chi connectivity index (χ3n) is 3.98. The fourth-order valence-corrected chi connectivity index (χ4v) is 2.88. The summed E-state index contributed by atoms with van der Waals surface area (Å²) in [5.41, 5.74) is 0. The summed E-state index contributed by atoms with van der Waals surface area (Å²) >= 11 is 0.